The topological polar surface area (TPSA) is 38.7 Å². The number of rotatable bonds is 6. The molecule has 96 valence electrons. The first-order chi connectivity index (χ1) is 7.99. The molecule has 17 heavy (non-hydrogen) atoms. The van der Waals surface area contributed by atoms with Crippen molar-refractivity contribution < 1.29 is 23.4 Å². The Morgan fingerprint density at radius 2 is 1.94 bits per heavy atom. The molecule has 0 radical (unpaired) electrons. The van der Waals surface area contributed by atoms with Crippen LogP contribution in [0.2, 0.25) is 0 Å². The van der Waals surface area contributed by atoms with Gasteiger partial charge in [-0.05, 0) is 26.0 Å². The summed E-state index contributed by atoms with van der Waals surface area (Å²) in [5.74, 6) is -1.55. The van der Waals surface area contributed by atoms with Crippen LogP contribution in [0.25, 0.3) is 0 Å². The number of aliphatic hydroxyl groups is 1. The minimum Gasteiger partial charge on any atom is -0.488 e. The van der Waals surface area contributed by atoms with E-state index in [1.807, 2.05) is 13.8 Å². The van der Waals surface area contributed by atoms with Gasteiger partial charge in [0, 0.05) is 6.07 Å². The van der Waals surface area contributed by atoms with Crippen molar-refractivity contribution in [2.75, 3.05) is 13.2 Å². The number of hydrogen-bond donors (Lipinski definition) is 1. The fourth-order valence-corrected chi connectivity index (χ4v) is 1.13. The smallest absolute Gasteiger partial charge is 0.167 e. The lowest BCUT2D eigenvalue weighted by Crippen LogP contribution is -2.25. The van der Waals surface area contributed by atoms with Gasteiger partial charge in [-0.15, -0.1) is 0 Å². The lowest BCUT2D eigenvalue weighted by Gasteiger charge is -2.14. The van der Waals surface area contributed by atoms with Crippen LogP contribution in [0.4, 0.5) is 8.78 Å². The molecule has 0 amide bonds. The highest BCUT2D eigenvalue weighted by Gasteiger charge is 2.09. The van der Waals surface area contributed by atoms with Crippen LogP contribution in [0.1, 0.15) is 13.8 Å². The monoisotopic (exact) mass is 246 g/mol. The van der Waals surface area contributed by atoms with E-state index < -0.39 is 17.7 Å². The number of halogens is 2. The molecule has 1 atom stereocenters. The summed E-state index contributed by atoms with van der Waals surface area (Å²) in [6, 6.07) is 3.00. The Morgan fingerprint density at radius 3 is 2.53 bits per heavy atom. The van der Waals surface area contributed by atoms with Crippen LogP contribution in [-0.2, 0) is 4.74 Å². The molecule has 0 saturated heterocycles. The molecule has 3 nitrogen and oxygen atoms in total. The van der Waals surface area contributed by atoms with Crippen LogP contribution in [0.15, 0.2) is 18.2 Å². The van der Waals surface area contributed by atoms with E-state index in [1.165, 1.54) is 6.07 Å². The highest BCUT2D eigenvalue weighted by molar-refractivity contribution is 5.24. The fraction of sp³-hybridized carbons (Fsp3) is 0.500. The first-order valence-corrected chi connectivity index (χ1v) is 5.36. The van der Waals surface area contributed by atoms with E-state index in [-0.39, 0.29) is 25.1 Å². The van der Waals surface area contributed by atoms with Crippen molar-refractivity contribution in [2.45, 2.75) is 26.1 Å². The standard InChI is InChI=1S/C12H16F2O3/c1-8(2)16-6-10(15)7-17-12-4-3-9(13)5-11(12)14/h3-5,8,10,15H,6-7H2,1-2H3. The summed E-state index contributed by atoms with van der Waals surface area (Å²) in [6.07, 6.45) is -0.839. The Labute approximate surface area is 99.0 Å². The third-order valence-electron chi connectivity index (χ3n) is 1.95. The lowest BCUT2D eigenvalue weighted by atomic mass is 10.3. The molecule has 0 aliphatic rings. The molecule has 0 aliphatic carbocycles. The van der Waals surface area contributed by atoms with Crippen molar-refractivity contribution in [1.29, 1.82) is 0 Å². The van der Waals surface area contributed by atoms with Gasteiger partial charge in [-0.1, -0.05) is 0 Å². The maximum absolute atomic E-state index is 13.1. The van der Waals surface area contributed by atoms with E-state index in [2.05, 4.69) is 0 Å². The summed E-state index contributed by atoms with van der Waals surface area (Å²) in [5.41, 5.74) is 0. The summed E-state index contributed by atoms with van der Waals surface area (Å²) in [7, 11) is 0. The molecule has 0 aliphatic heterocycles. The van der Waals surface area contributed by atoms with E-state index >= 15 is 0 Å². The molecule has 1 unspecified atom stereocenters. The van der Waals surface area contributed by atoms with Gasteiger partial charge in [0.25, 0.3) is 0 Å². The second-order valence-electron chi connectivity index (χ2n) is 3.92. The van der Waals surface area contributed by atoms with Gasteiger partial charge in [-0.3, -0.25) is 0 Å². The largest absolute Gasteiger partial charge is 0.488 e. The molecule has 0 heterocycles. The summed E-state index contributed by atoms with van der Waals surface area (Å²) in [6.45, 7) is 3.69. The van der Waals surface area contributed by atoms with Gasteiger partial charge < -0.3 is 14.6 Å². The molecule has 1 rings (SSSR count). The molecule has 1 aromatic rings. The summed E-state index contributed by atoms with van der Waals surface area (Å²) in [4.78, 5) is 0. The number of benzene rings is 1. The molecular formula is C12H16F2O3. The molecule has 1 aromatic carbocycles. The predicted octanol–water partition coefficient (Wildman–Crippen LogP) is 2.13. The third kappa shape index (κ3) is 5.10. The van der Waals surface area contributed by atoms with Crippen LogP contribution in [0, 0.1) is 11.6 Å². The quantitative estimate of drug-likeness (QED) is 0.835. The first-order valence-electron chi connectivity index (χ1n) is 5.36. The van der Waals surface area contributed by atoms with E-state index in [0.29, 0.717) is 0 Å². The summed E-state index contributed by atoms with van der Waals surface area (Å²) < 4.78 is 35.9. The SMILES string of the molecule is CC(C)OCC(O)COc1ccc(F)cc1F. The van der Waals surface area contributed by atoms with Crippen LogP contribution >= 0.6 is 0 Å². The second kappa shape index (κ2) is 6.51. The van der Waals surface area contributed by atoms with Crippen LogP contribution in [-0.4, -0.2) is 30.5 Å². The average molecular weight is 246 g/mol. The predicted molar refractivity (Wildman–Crippen MR) is 58.9 cm³/mol. The zero-order chi connectivity index (χ0) is 12.8. The Balaban J connectivity index is 2.39. The number of aliphatic hydroxyl groups excluding tert-OH is 1. The van der Waals surface area contributed by atoms with E-state index in [0.717, 1.165) is 12.1 Å². The van der Waals surface area contributed by atoms with Crippen molar-refractivity contribution in [1.82, 2.24) is 0 Å². The maximum atomic E-state index is 13.1. The molecule has 1 N–H and O–H groups in total. The van der Waals surface area contributed by atoms with Crippen LogP contribution in [0.3, 0.4) is 0 Å². The summed E-state index contributed by atoms with van der Waals surface area (Å²) >= 11 is 0. The minimum atomic E-state index is -0.846. The molecule has 0 bridgehead atoms. The minimum absolute atomic E-state index is 0.00667. The van der Waals surface area contributed by atoms with Gasteiger partial charge in [0.05, 0.1) is 12.7 Å². The highest BCUT2D eigenvalue weighted by Crippen LogP contribution is 2.17. The van der Waals surface area contributed by atoms with Gasteiger partial charge >= 0.3 is 0 Å². The Hall–Kier alpha value is -1.20. The van der Waals surface area contributed by atoms with Crippen molar-refractivity contribution in [2.24, 2.45) is 0 Å². The highest BCUT2D eigenvalue weighted by atomic mass is 19.1. The zero-order valence-electron chi connectivity index (χ0n) is 9.82. The first kappa shape index (κ1) is 13.9. The van der Waals surface area contributed by atoms with Crippen molar-refractivity contribution in [3.05, 3.63) is 29.8 Å². The molecule has 0 fully saturated rings. The van der Waals surface area contributed by atoms with Gasteiger partial charge in [0.15, 0.2) is 11.6 Å². The fourth-order valence-electron chi connectivity index (χ4n) is 1.13. The zero-order valence-corrected chi connectivity index (χ0v) is 9.82. The van der Waals surface area contributed by atoms with Crippen LogP contribution in [0.5, 0.6) is 5.75 Å². The molecule has 0 aromatic heterocycles. The summed E-state index contributed by atoms with van der Waals surface area (Å²) in [5, 5.41) is 9.46. The number of ether oxygens (including phenoxy) is 2. The molecule has 0 spiro atoms. The lowest BCUT2D eigenvalue weighted by molar-refractivity contribution is -0.0127. The second-order valence-corrected chi connectivity index (χ2v) is 3.92. The van der Waals surface area contributed by atoms with Crippen molar-refractivity contribution in [3.8, 4) is 5.75 Å². The van der Waals surface area contributed by atoms with Crippen molar-refractivity contribution >= 4 is 0 Å². The van der Waals surface area contributed by atoms with E-state index in [4.69, 9.17) is 9.47 Å². The van der Waals surface area contributed by atoms with Gasteiger partial charge in [-0.25, -0.2) is 8.78 Å². The van der Waals surface area contributed by atoms with E-state index in [1.54, 1.807) is 0 Å². The Bertz CT molecular complexity index is 356. The molecule has 5 heteroatoms. The van der Waals surface area contributed by atoms with E-state index in [9.17, 15) is 13.9 Å². The van der Waals surface area contributed by atoms with Gasteiger partial charge in [-0.2, -0.15) is 0 Å². The molecular weight excluding hydrogens is 230 g/mol. The maximum Gasteiger partial charge on any atom is 0.167 e. The Morgan fingerprint density at radius 1 is 1.24 bits per heavy atom. The number of hydrogen-bond acceptors (Lipinski definition) is 3. The normalized spacial score (nSPS) is 12.8. The third-order valence-corrected chi connectivity index (χ3v) is 1.95. The van der Waals surface area contributed by atoms with Gasteiger partial charge in [0.1, 0.15) is 18.5 Å². The van der Waals surface area contributed by atoms with Crippen LogP contribution < -0.4 is 4.74 Å². The van der Waals surface area contributed by atoms with Gasteiger partial charge in [0.2, 0.25) is 0 Å². The van der Waals surface area contributed by atoms with Crippen molar-refractivity contribution in [3.63, 3.8) is 0 Å². The molecule has 0 saturated carbocycles. The average Bonchev–Trinajstić information content (AvgIpc) is 2.25. The Kier molecular flexibility index (Phi) is 5.31.